The Kier molecular flexibility index (Phi) is 5.17. The third kappa shape index (κ3) is 5.43. The van der Waals surface area contributed by atoms with E-state index in [-0.39, 0.29) is 34.1 Å². The van der Waals surface area contributed by atoms with E-state index in [2.05, 4.69) is 0 Å². The number of alkyl halides is 6. The summed E-state index contributed by atoms with van der Waals surface area (Å²) in [6.45, 7) is 0. The monoisotopic (exact) mass is 682 g/mol. The first kappa shape index (κ1) is 21.8. The fourth-order valence-electron chi connectivity index (χ4n) is 6.25. The quantitative estimate of drug-likeness (QED) is 0.127. The molecule has 0 aliphatic heterocycles. The Labute approximate surface area is 297 Å². The van der Waals surface area contributed by atoms with Crippen LogP contribution >= 0.6 is 0 Å². The highest BCUT2D eigenvalue weighted by Crippen LogP contribution is 2.48. The number of benzene rings is 8. The predicted octanol–water partition coefficient (Wildman–Crippen LogP) is 13.6. The molecule has 0 N–H and O–H groups in total. The second kappa shape index (κ2) is 11.8. The molecule has 0 saturated heterocycles. The van der Waals surface area contributed by atoms with Crippen molar-refractivity contribution in [2.75, 3.05) is 9.80 Å². The SMILES string of the molecule is [2H]c1c([2H])c([2H])c(N(c2ccc(C(F)(F)F)cc2)c2ccc3ccc4c(N(c5ccc(C(F)(F)F)cc5)c5c([2H])c([2H])c([2H])c([2H])c5[2H])ccc5ccc2c3c54)c([2H])c1[2H]. The zero-order valence-electron chi connectivity index (χ0n) is 35.4. The Balaban J connectivity index is 1.45. The minimum atomic E-state index is -4.70. The molecular formula is C42H26F6N2. The largest absolute Gasteiger partial charge is 0.416 e. The third-order valence-electron chi connectivity index (χ3n) is 8.43. The number of rotatable bonds is 6. The number of anilines is 6. The molecule has 0 heterocycles. The molecule has 0 atom stereocenters. The van der Waals surface area contributed by atoms with E-state index in [0.717, 1.165) is 48.5 Å². The molecule has 50 heavy (non-hydrogen) atoms. The minimum absolute atomic E-state index is 0.0342. The van der Waals surface area contributed by atoms with Crippen LogP contribution in [0.1, 0.15) is 24.8 Å². The van der Waals surface area contributed by atoms with Crippen molar-refractivity contribution in [3.8, 4) is 0 Å². The number of nitrogens with zero attached hydrogens (tertiary/aromatic N) is 2. The number of hydrogen-bond donors (Lipinski definition) is 0. The van der Waals surface area contributed by atoms with Crippen molar-refractivity contribution >= 4 is 66.4 Å². The molecule has 0 spiro atoms. The molecule has 0 aliphatic rings. The molecule has 8 heteroatoms. The molecule has 8 aromatic carbocycles. The van der Waals surface area contributed by atoms with Crippen LogP contribution in [-0.4, -0.2) is 0 Å². The normalized spacial score (nSPS) is 15.0. The summed E-state index contributed by atoms with van der Waals surface area (Å²) in [6, 6.07) is 14.6. The van der Waals surface area contributed by atoms with Crippen molar-refractivity contribution in [3.05, 3.63) is 169 Å². The van der Waals surface area contributed by atoms with E-state index in [1.807, 2.05) is 0 Å². The topological polar surface area (TPSA) is 6.48 Å². The van der Waals surface area contributed by atoms with Gasteiger partial charge in [0.1, 0.15) is 0 Å². The highest BCUT2D eigenvalue weighted by molar-refractivity contribution is 6.28. The van der Waals surface area contributed by atoms with Gasteiger partial charge in [-0.05, 0) is 106 Å². The van der Waals surface area contributed by atoms with E-state index >= 15 is 0 Å². The van der Waals surface area contributed by atoms with Gasteiger partial charge < -0.3 is 9.80 Å². The lowest BCUT2D eigenvalue weighted by molar-refractivity contribution is -0.138. The van der Waals surface area contributed by atoms with Gasteiger partial charge in [0, 0.05) is 33.5 Å². The zero-order chi connectivity index (χ0) is 43.3. The van der Waals surface area contributed by atoms with Crippen molar-refractivity contribution in [2.45, 2.75) is 12.4 Å². The molecule has 0 aromatic heterocycles. The van der Waals surface area contributed by atoms with Gasteiger partial charge in [-0.1, -0.05) is 72.7 Å². The van der Waals surface area contributed by atoms with Gasteiger partial charge in [-0.2, -0.15) is 26.3 Å². The molecular weight excluding hydrogens is 646 g/mol. The van der Waals surface area contributed by atoms with Crippen LogP contribution in [0.4, 0.5) is 60.5 Å². The summed E-state index contributed by atoms with van der Waals surface area (Å²) < 4.78 is 168. The highest BCUT2D eigenvalue weighted by atomic mass is 19.4. The zero-order valence-corrected chi connectivity index (χ0v) is 25.4. The maximum Gasteiger partial charge on any atom is 0.416 e. The first-order chi connectivity index (χ1) is 28.2. The first-order valence-corrected chi connectivity index (χ1v) is 15.0. The highest BCUT2D eigenvalue weighted by Gasteiger charge is 2.31. The lowest BCUT2D eigenvalue weighted by atomic mass is 9.91. The Morgan fingerprint density at radius 3 is 1.06 bits per heavy atom. The van der Waals surface area contributed by atoms with Crippen LogP contribution in [0.2, 0.25) is 0 Å². The van der Waals surface area contributed by atoms with Gasteiger partial charge in [-0.15, -0.1) is 0 Å². The molecule has 0 saturated carbocycles. The lowest BCUT2D eigenvalue weighted by Crippen LogP contribution is -2.12. The van der Waals surface area contributed by atoms with Gasteiger partial charge in [0.2, 0.25) is 0 Å². The fourth-order valence-corrected chi connectivity index (χ4v) is 6.25. The molecule has 0 amide bonds. The standard InChI is InChI=1S/C42H26F6N2/c43-41(44,45)29-15-19-33(20-16-29)49(31-7-3-1-4-8-31)37-25-13-27-12-24-36-38(26-14-28-11-23-35(37)39(27)40(28)36)50(32-9-5-2-6-10-32)34-21-17-30(18-22-34)42(46,47)48/h1-26H/i1D,2D,3D,4D,5D,6D,7D,8D,9D,10D. The number of hydrogen-bond acceptors (Lipinski definition) is 2. The van der Waals surface area contributed by atoms with Gasteiger partial charge in [0.05, 0.1) is 36.2 Å². The van der Waals surface area contributed by atoms with E-state index in [4.69, 9.17) is 13.7 Å². The summed E-state index contributed by atoms with van der Waals surface area (Å²) in [6.07, 6.45) is -9.40. The fraction of sp³-hybridized carbons (Fsp3) is 0.0476. The molecule has 0 unspecified atom stereocenters. The summed E-state index contributed by atoms with van der Waals surface area (Å²) in [7, 11) is 0. The summed E-state index contributed by atoms with van der Waals surface area (Å²) in [5.41, 5.74) is -2.15. The second-order valence-corrected chi connectivity index (χ2v) is 11.3. The van der Waals surface area contributed by atoms with Crippen LogP contribution < -0.4 is 9.80 Å². The summed E-state index contributed by atoms with van der Waals surface area (Å²) in [5, 5.41) is 3.14. The van der Waals surface area contributed by atoms with Gasteiger partial charge in [0.15, 0.2) is 0 Å². The molecule has 8 aromatic rings. The second-order valence-electron chi connectivity index (χ2n) is 11.3. The Bertz CT molecular complexity index is 2770. The molecule has 0 fully saturated rings. The van der Waals surface area contributed by atoms with Crippen LogP contribution in [0.15, 0.2) is 157 Å². The average molecular weight is 683 g/mol. The maximum absolute atomic E-state index is 13.7. The van der Waals surface area contributed by atoms with Gasteiger partial charge in [0.25, 0.3) is 0 Å². The molecule has 246 valence electrons. The molecule has 0 radical (unpaired) electrons. The maximum atomic E-state index is 13.7. The van der Waals surface area contributed by atoms with Crippen LogP contribution in [0.5, 0.6) is 0 Å². The Morgan fingerprint density at radius 2 is 0.720 bits per heavy atom. The minimum Gasteiger partial charge on any atom is -0.310 e. The predicted molar refractivity (Wildman–Crippen MR) is 190 cm³/mol. The van der Waals surface area contributed by atoms with Crippen molar-refractivity contribution in [3.63, 3.8) is 0 Å². The Hall–Kier alpha value is -6.02. The Morgan fingerprint density at radius 1 is 0.380 bits per heavy atom. The third-order valence-corrected chi connectivity index (χ3v) is 8.43. The van der Waals surface area contributed by atoms with Crippen LogP contribution in [-0.2, 0) is 12.4 Å². The van der Waals surface area contributed by atoms with E-state index in [0.29, 0.717) is 32.3 Å². The van der Waals surface area contributed by atoms with Crippen LogP contribution in [0.3, 0.4) is 0 Å². The number of halogens is 6. The van der Waals surface area contributed by atoms with Gasteiger partial charge in [-0.25, -0.2) is 0 Å². The average Bonchev–Trinajstić information content (AvgIpc) is 3.22. The van der Waals surface area contributed by atoms with Crippen LogP contribution in [0, 0.1) is 0 Å². The van der Waals surface area contributed by atoms with Gasteiger partial charge in [-0.3, -0.25) is 0 Å². The van der Waals surface area contributed by atoms with E-state index in [1.54, 1.807) is 48.5 Å². The van der Waals surface area contributed by atoms with Crippen LogP contribution in [0.25, 0.3) is 32.3 Å². The molecule has 2 nitrogen and oxygen atoms in total. The van der Waals surface area contributed by atoms with E-state index in [9.17, 15) is 26.3 Å². The van der Waals surface area contributed by atoms with Crippen molar-refractivity contribution in [1.82, 2.24) is 0 Å². The molecule has 8 rings (SSSR count). The first-order valence-electron chi connectivity index (χ1n) is 20.0. The van der Waals surface area contributed by atoms with Crippen molar-refractivity contribution in [1.29, 1.82) is 0 Å². The molecule has 0 aliphatic carbocycles. The van der Waals surface area contributed by atoms with Gasteiger partial charge >= 0.3 is 12.4 Å². The summed E-state index contributed by atoms with van der Waals surface area (Å²) in [4.78, 5) is 2.57. The number of para-hydroxylation sites is 2. The lowest BCUT2D eigenvalue weighted by Gasteiger charge is -2.29. The van der Waals surface area contributed by atoms with E-state index in [1.165, 1.54) is 9.80 Å². The summed E-state index contributed by atoms with van der Waals surface area (Å²) >= 11 is 0. The van der Waals surface area contributed by atoms with Crippen molar-refractivity contribution < 1.29 is 40.1 Å². The molecule has 0 bridgehead atoms. The van der Waals surface area contributed by atoms with E-state index < -0.39 is 83.9 Å². The smallest absolute Gasteiger partial charge is 0.310 e. The summed E-state index contributed by atoms with van der Waals surface area (Å²) in [5.74, 6) is 0. The van der Waals surface area contributed by atoms with Crippen molar-refractivity contribution in [2.24, 2.45) is 0 Å².